The van der Waals surface area contributed by atoms with E-state index in [1.807, 2.05) is 43.6 Å². The molecule has 2 heterocycles. The molecule has 37 heavy (non-hydrogen) atoms. The number of carbonyl (C=O) groups excluding carboxylic acids is 2. The van der Waals surface area contributed by atoms with Gasteiger partial charge in [0.1, 0.15) is 11.8 Å². The second-order valence-electron chi connectivity index (χ2n) is 9.37. The van der Waals surface area contributed by atoms with Gasteiger partial charge in [-0.3, -0.25) is 14.4 Å². The number of hydrogen-bond acceptors (Lipinski definition) is 6. The lowest BCUT2D eigenvalue weighted by Gasteiger charge is -2.24. The van der Waals surface area contributed by atoms with Crippen LogP contribution in [0.3, 0.4) is 0 Å². The molecule has 8 nitrogen and oxygen atoms in total. The average molecular weight is 522 g/mol. The number of aryl methyl sites for hydroxylation is 1. The first kappa shape index (κ1) is 26.3. The molecule has 0 bridgehead atoms. The SMILES string of the molecule is Cc1ncsc1-c1ccc(CNC(=O)[C@@H]2C[C@@H](C)CN2C(=O)c2cccc(OCCCC(=O)O)c2)cc1. The number of carboxylic acid groups (broad SMARTS) is 1. The summed E-state index contributed by atoms with van der Waals surface area (Å²) in [5.41, 5.74) is 5.36. The zero-order valence-corrected chi connectivity index (χ0v) is 21.8. The summed E-state index contributed by atoms with van der Waals surface area (Å²) in [6.07, 6.45) is 1.01. The highest BCUT2D eigenvalue weighted by atomic mass is 32.1. The van der Waals surface area contributed by atoms with Crippen LogP contribution in [0.25, 0.3) is 10.4 Å². The third kappa shape index (κ3) is 6.74. The fourth-order valence-electron chi connectivity index (χ4n) is 4.48. The molecule has 1 aromatic heterocycles. The number of carbonyl (C=O) groups is 3. The van der Waals surface area contributed by atoms with Crippen LogP contribution < -0.4 is 10.1 Å². The number of thiazole rings is 1. The maximum Gasteiger partial charge on any atom is 0.303 e. The third-order valence-electron chi connectivity index (χ3n) is 6.39. The molecular formula is C28H31N3O5S. The number of nitrogens with one attached hydrogen (secondary N) is 1. The standard InChI is InChI=1S/C28H31N3O5S/c1-18-13-24(27(34)29-15-20-8-10-21(11-9-20)26-19(2)30-17-37-26)31(16-18)28(35)22-5-3-6-23(14-22)36-12-4-7-25(32)33/h3,5-6,8-11,14,17-18,24H,4,7,12-13,15-16H2,1-2H3,(H,29,34)(H,32,33)/t18-,24+/m1/s1. The Bertz CT molecular complexity index is 1260. The molecule has 0 unspecified atom stereocenters. The minimum absolute atomic E-state index is 0.0248. The minimum Gasteiger partial charge on any atom is -0.494 e. The number of carboxylic acids is 1. The van der Waals surface area contributed by atoms with Crippen LogP contribution in [0.4, 0.5) is 0 Å². The Labute approximate surface area is 220 Å². The van der Waals surface area contributed by atoms with Crippen LogP contribution in [0.2, 0.25) is 0 Å². The van der Waals surface area contributed by atoms with Crippen LogP contribution in [0.5, 0.6) is 5.75 Å². The lowest BCUT2D eigenvalue weighted by molar-refractivity contribution is -0.137. The molecule has 1 fully saturated rings. The van der Waals surface area contributed by atoms with E-state index in [0.717, 1.165) is 21.7 Å². The molecule has 4 rings (SSSR count). The van der Waals surface area contributed by atoms with Gasteiger partial charge in [0.15, 0.2) is 0 Å². The Balaban J connectivity index is 1.36. The van der Waals surface area contributed by atoms with E-state index in [1.54, 1.807) is 40.5 Å². The van der Waals surface area contributed by atoms with E-state index in [-0.39, 0.29) is 30.8 Å². The largest absolute Gasteiger partial charge is 0.494 e. The molecule has 2 amide bonds. The molecule has 2 N–H and O–H groups in total. The van der Waals surface area contributed by atoms with Crippen molar-refractivity contribution in [2.45, 2.75) is 45.7 Å². The molecule has 0 saturated carbocycles. The molecule has 1 aliphatic rings. The van der Waals surface area contributed by atoms with Crippen LogP contribution in [-0.2, 0) is 16.1 Å². The predicted molar refractivity (Wildman–Crippen MR) is 142 cm³/mol. The fourth-order valence-corrected chi connectivity index (χ4v) is 5.29. The Hall–Kier alpha value is -3.72. The zero-order valence-electron chi connectivity index (χ0n) is 21.0. The van der Waals surface area contributed by atoms with Crippen molar-refractivity contribution in [3.8, 4) is 16.2 Å². The summed E-state index contributed by atoms with van der Waals surface area (Å²) >= 11 is 1.60. The summed E-state index contributed by atoms with van der Waals surface area (Å²) < 4.78 is 5.62. The van der Waals surface area contributed by atoms with E-state index in [2.05, 4.69) is 10.3 Å². The summed E-state index contributed by atoms with van der Waals surface area (Å²) in [5, 5.41) is 11.8. The van der Waals surface area contributed by atoms with Gasteiger partial charge in [-0.05, 0) is 55.0 Å². The van der Waals surface area contributed by atoms with Gasteiger partial charge in [-0.25, -0.2) is 4.98 Å². The van der Waals surface area contributed by atoms with E-state index in [9.17, 15) is 14.4 Å². The van der Waals surface area contributed by atoms with E-state index in [0.29, 0.717) is 37.2 Å². The van der Waals surface area contributed by atoms with Crippen molar-refractivity contribution in [3.63, 3.8) is 0 Å². The van der Waals surface area contributed by atoms with E-state index < -0.39 is 12.0 Å². The molecule has 9 heteroatoms. The fraction of sp³-hybridized carbons (Fsp3) is 0.357. The monoisotopic (exact) mass is 521 g/mol. The average Bonchev–Trinajstić information content (AvgIpc) is 3.50. The van der Waals surface area contributed by atoms with Gasteiger partial charge >= 0.3 is 5.97 Å². The van der Waals surface area contributed by atoms with Gasteiger partial charge in [-0.1, -0.05) is 37.3 Å². The highest BCUT2D eigenvalue weighted by Crippen LogP contribution is 2.28. The van der Waals surface area contributed by atoms with Gasteiger partial charge in [0.05, 0.1) is 22.7 Å². The maximum absolute atomic E-state index is 13.3. The summed E-state index contributed by atoms with van der Waals surface area (Å²) in [6, 6.07) is 14.3. The van der Waals surface area contributed by atoms with Crippen molar-refractivity contribution in [1.82, 2.24) is 15.2 Å². The maximum atomic E-state index is 13.3. The van der Waals surface area contributed by atoms with Crippen molar-refractivity contribution in [2.75, 3.05) is 13.2 Å². The van der Waals surface area contributed by atoms with Gasteiger partial charge in [0, 0.05) is 25.1 Å². The van der Waals surface area contributed by atoms with Crippen LogP contribution in [-0.4, -0.2) is 52.0 Å². The summed E-state index contributed by atoms with van der Waals surface area (Å²) in [6.45, 7) is 5.16. The first-order valence-electron chi connectivity index (χ1n) is 12.3. The van der Waals surface area contributed by atoms with Crippen molar-refractivity contribution in [3.05, 3.63) is 70.9 Å². The number of amides is 2. The van der Waals surface area contributed by atoms with Gasteiger partial charge in [0.25, 0.3) is 5.91 Å². The minimum atomic E-state index is -0.872. The van der Waals surface area contributed by atoms with Crippen molar-refractivity contribution in [1.29, 1.82) is 0 Å². The van der Waals surface area contributed by atoms with Crippen molar-refractivity contribution in [2.24, 2.45) is 5.92 Å². The number of nitrogens with zero attached hydrogens (tertiary/aromatic N) is 2. The van der Waals surface area contributed by atoms with Crippen LogP contribution in [0, 0.1) is 12.8 Å². The molecule has 0 radical (unpaired) electrons. The molecule has 3 aromatic rings. The second kappa shape index (κ2) is 12.0. The Morgan fingerprint density at radius 2 is 1.97 bits per heavy atom. The van der Waals surface area contributed by atoms with Gasteiger partial charge in [0.2, 0.25) is 5.91 Å². The van der Waals surface area contributed by atoms with Crippen LogP contribution in [0.1, 0.15) is 47.8 Å². The number of benzene rings is 2. The molecule has 2 atom stereocenters. The topological polar surface area (TPSA) is 109 Å². The summed E-state index contributed by atoms with van der Waals surface area (Å²) in [7, 11) is 0. The highest BCUT2D eigenvalue weighted by Gasteiger charge is 2.38. The molecule has 0 aliphatic carbocycles. The molecule has 2 aromatic carbocycles. The van der Waals surface area contributed by atoms with Gasteiger partial charge in [-0.2, -0.15) is 0 Å². The molecule has 0 spiro atoms. The van der Waals surface area contributed by atoms with Crippen LogP contribution >= 0.6 is 11.3 Å². The quantitative estimate of drug-likeness (QED) is 0.380. The number of likely N-dealkylation sites (tertiary alicyclic amines) is 1. The Morgan fingerprint density at radius 3 is 2.68 bits per heavy atom. The van der Waals surface area contributed by atoms with E-state index in [1.165, 1.54) is 0 Å². The highest BCUT2D eigenvalue weighted by molar-refractivity contribution is 7.13. The predicted octanol–water partition coefficient (Wildman–Crippen LogP) is 4.53. The van der Waals surface area contributed by atoms with Crippen LogP contribution in [0.15, 0.2) is 54.0 Å². The van der Waals surface area contributed by atoms with Gasteiger partial charge in [-0.15, -0.1) is 11.3 Å². The number of rotatable bonds is 10. The molecular weight excluding hydrogens is 490 g/mol. The van der Waals surface area contributed by atoms with Crippen molar-refractivity contribution >= 4 is 29.1 Å². The second-order valence-corrected chi connectivity index (χ2v) is 10.2. The van der Waals surface area contributed by atoms with E-state index >= 15 is 0 Å². The Morgan fingerprint density at radius 1 is 1.19 bits per heavy atom. The van der Waals surface area contributed by atoms with Crippen molar-refractivity contribution < 1.29 is 24.2 Å². The Kier molecular flexibility index (Phi) is 8.55. The molecule has 194 valence electrons. The molecule has 1 aliphatic heterocycles. The lowest BCUT2D eigenvalue weighted by Crippen LogP contribution is -2.45. The van der Waals surface area contributed by atoms with E-state index in [4.69, 9.17) is 9.84 Å². The summed E-state index contributed by atoms with van der Waals surface area (Å²) in [4.78, 5) is 44.2. The zero-order chi connectivity index (χ0) is 26.4. The normalized spacial score (nSPS) is 17.0. The molecule has 1 saturated heterocycles. The number of aliphatic carboxylic acids is 1. The number of ether oxygens (including phenoxy) is 1. The first-order valence-corrected chi connectivity index (χ1v) is 13.2. The summed E-state index contributed by atoms with van der Waals surface area (Å²) in [5.74, 6) is -0.549. The number of aromatic nitrogens is 1. The number of hydrogen-bond donors (Lipinski definition) is 2. The lowest BCUT2D eigenvalue weighted by atomic mass is 10.1. The smallest absolute Gasteiger partial charge is 0.303 e. The first-order chi connectivity index (χ1) is 17.8. The van der Waals surface area contributed by atoms with Gasteiger partial charge < -0.3 is 20.1 Å². The third-order valence-corrected chi connectivity index (χ3v) is 7.36.